The smallest absolute Gasteiger partial charge is 0.158 e. The summed E-state index contributed by atoms with van der Waals surface area (Å²) in [5.41, 5.74) is 2.63. The molecule has 0 aliphatic rings. The second-order valence-electron chi connectivity index (χ2n) is 5.00. The molecule has 0 aliphatic carbocycles. The van der Waals surface area contributed by atoms with Gasteiger partial charge in [-0.2, -0.15) is 5.10 Å². The quantitative estimate of drug-likeness (QED) is 0.804. The van der Waals surface area contributed by atoms with Crippen molar-refractivity contribution < 1.29 is 0 Å². The second kappa shape index (κ2) is 5.42. The van der Waals surface area contributed by atoms with Gasteiger partial charge in [-0.3, -0.25) is 4.68 Å². The van der Waals surface area contributed by atoms with E-state index in [1.807, 2.05) is 0 Å². The summed E-state index contributed by atoms with van der Waals surface area (Å²) in [4.78, 5) is 2.10. The van der Waals surface area contributed by atoms with E-state index < -0.39 is 0 Å². The van der Waals surface area contributed by atoms with Crippen LogP contribution in [0.3, 0.4) is 0 Å². The van der Waals surface area contributed by atoms with E-state index in [9.17, 15) is 0 Å². The first-order valence-electron chi connectivity index (χ1n) is 6.84. The van der Waals surface area contributed by atoms with Crippen LogP contribution >= 0.6 is 0 Å². The van der Waals surface area contributed by atoms with E-state index in [1.165, 1.54) is 29.3 Å². The van der Waals surface area contributed by atoms with Crippen molar-refractivity contribution in [3.63, 3.8) is 0 Å². The summed E-state index contributed by atoms with van der Waals surface area (Å²) in [7, 11) is 4.12. The fourth-order valence-corrected chi connectivity index (χ4v) is 2.24. The second-order valence-corrected chi connectivity index (χ2v) is 5.00. The number of aromatic nitrogens is 2. The van der Waals surface area contributed by atoms with Crippen LogP contribution in [0.1, 0.15) is 32.3 Å². The van der Waals surface area contributed by atoms with Gasteiger partial charge in [0.15, 0.2) is 5.82 Å². The van der Waals surface area contributed by atoms with Crippen LogP contribution in [0.5, 0.6) is 0 Å². The number of aryl methyl sites for hydroxylation is 2. The molecule has 0 amide bonds. The average molecular weight is 245 g/mol. The Labute approximate surface area is 109 Å². The molecule has 0 saturated heterocycles. The minimum atomic E-state index is 1.01. The van der Waals surface area contributed by atoms with Crippen molar-refractivity contribution in [1.82, 2.24) is 9.78 Å². The molecule has 1 aromatic carbocycles. The van der Waals surface area contributed by atoms with Crippen LogP contribution in [0.15, 0.2) is 18.2 Å². The monoisotopic (exact) mass is 245 g/mol. The van der Waals surface area contributed by atoms with Crippen LogP contribution in [-0.4, -0.2) is 23.9 Å². The molecule has 0 radical (unpaired) electrons. The van der Waals surface area contributed by atoms with Gasteiger partial charge in [0.25, 0.3) is 0 Å². The molecule has 18 heavy (non-hydrogen) atoms. The Hall–Kier alpha value is -1.51. The van der Waals surface area contributed by atoms with Gasteiger partial charge < -0.3 is 4.90 Å². The van der Waals surface area contributed by atoms with E-state index in [0.29, 0.717) is 0 Å². The van der Waals surface area contributed by atoms with E-state index in [0.717, 1.165) is 18.8 Å². The zero-order valence-electron chi connectivity index (χ0n) is 11.9. The molecular formula is C15H23N3. The van der Waals surface area contributed by atoms with E-state index in [4.69, 9.17) is 5.10 Å². The van der Waals surface area contributed by atoms with Crippen molar-refractivity contribution in [2.45, 2.75) is 39.7 Å². The average Bonchev–Trinajstić information content (AvgIpc) is 2.74. The highest BCUT2D eigenvalue weighted by Gasteiger charge is 2.12. The summed E-state index contributed by atoms with van der Waals surface area (Å²) < 4.78 is 2.15. The van der Waals surface area contributed by atoms with Crippen LogP contribution in [0.2, 0.25) is 0 Å². The number of fused-ring (bicyclic) bond motifs is 1. The minimum Gasteiger partial charge on any atom is -0.361 e. The highest BCUT2D eigenvalue weighted by molar-refractivity contribution is 5.91. The zero-order chi connectivity index (χ0) is 13.1. The highest BCUT2D eigenvalue weighted by atomic mass is 15.3. The fourth-order valence-electron chi connectivity index (χ4n) is 2.24. The SMILES string of the molecule is CCCCn1nc(N(C)C)c2cc(CC)ccc21. The van der Waals surface area contributed by atoms with E-state index in [-0.39, 0.29) is 0 Å². The molecule has 0 atom stereocenters. The first-order chi connectivity index (χ1) is 8.67. The molecule has 0 unspecified atom stereocenters. The normalized spacial score (nSPS) is 11.1. The van der Waals surface area contributed by atoms with Gasteiger partial charge in [0.05, 0.1) is 5.52 Å². The molecule has 2 aromatic rings. The maximum absolute atomic E-state index is 4.74. The molecule has 0 N–H and O–H groups in total. The van der Waals surface area contributed by atoms with Crippen molar-refractivity contribution in [3.05, 3.63) is 23.8 Å². The molecule has 0 spiro atoms. The molecule has 98 valence electrons. The third kappa shape index (κ3) is 2.35. The number of hydrogen-bond acceptors (Lipinski definition) is 2. The van der Waals surface area contributed by atoms with Crippen LogP contribution in [0, 0.1) is 0 Å². The topological polar surface area (TPSA) is 21.1 Å². The van der Waals surface area contributed by atoms with Crippen molar-refractivity contribution >= 4 is 16.7 Å². The lowest BCUT2D eigenvalue weighted by Gasteiger charge is -2.08. The number of rotatable bonds is 5. The van der Waals surface area contributed by atoms with Crippen LogP contribution in [-0.2, 0) is 13.0 Å². The molecular weight excluding hydrogens is 222 g/mol. The molecule has 0 fully saturated rings. The Balaban J connectivity index is 2.53. The summed E-state index contributed by atoms with van der Waals surface area (Å²) in [6.45, 7) is 5.41. The van der Waals surface area contributed by atoms with Gasteiger partial charge in [-0.05, 0) is 30.5 Å². The van der Waals surface area contributed by atoms with E-state index >= 15 is 0 Å². The molecule has 1 aromatic heterocycles. The molecule has 0 bridgehead atoms. The number of benzene rings is 1. The predicted octanol–water partition coefficient (Wildman–Crippen LogP) is 3.46. The van der Waals surface area contributed by atoms with Gasteiger partial charge in [0.1, 0.15) is 0 Å². The first kappa shape index (κ1) is 12.9. The summed E-state index contributed by atoms with van der Waals surface area (Å²) in [6, 6.07) is 6.70. The molecule has 3 heteroatoms. The van der Waals surface area contributed by atoms with Crippen molar-refractivity contribution in [2.75, 3.05) is 19.0 Å². The van der Waals surface area contributed by atoms with Gasteiger partial charge in [-0.1, -0.05) is 26.3 Å². The highest BCUT2D eigenvalue weighted by Crippen LogP contribution is 2.26. The van der Waals surface area contributed by atoms with Crippen molar-refractivity contribution in [3.8, 4) is 0 Å². The fraction of sp³-hybridized carbons (Fsp3) is 0.533. The lowest BCUT2D eigenvalue weighted by molar-refractivity contribution is 0.588. The van der Waals surface area contributed by atoms with Gasteiger partial charge in [-0.25, -0.2) is 0 Å². The maximum Gasteiger partial charge on any atom is 0.158 e. The molecule has 0 saturated carbocycles. The van der Waals surface area contributed by atoms with Crippen molar-refractivity contribution in [1.29, 1.82) is 0 Å². The standard InChI is InChI=1S/C15H23N3/c1-5-7-10-18-14-9-8-12(6-2)11-13(14)15(16-18)17(3)4/h8-9,11H,5-7,10H2,1-4H3. The first-order valence-corrected chi connectivity index (χ1v) is 6.84. The summed E-state index contributed by atoms with van der Waals surface area (Å²) in [5.74, 6) is 1.08. The lowest BCUT2D eigenvalue weighted by Crippen LogP contribution is -2.10. The summed E-state index contributed by atoms with van der Waals surface area (Å²) in [5, 5.41) is 6.02. The zero-order valence-corrected chi connectivity index (χ0v) is 11.9. The van der Waals surface area contributed by atoms with Gasteiger partial charge in [-0.15, -0.1) is 0 Å². The summed E-state index contributed by atoms with van der Waals surface area (Å²) in [6.07, 6.45) is 3.45. The largest absolute Gasteiger partial charge is 0.361 e. The maximum atomic E-state index is 4.74. The summed E-state index contributed by atoms with van der Waals surface area (Å²) >= 11 is 0. The van der Waals surface area contributed by atoms with Crippen LogP contribution < -0.4 is 4.90 Å². The molecule has 3 nitrogen and oxygen atoms in total. The Bertz CT molecular complexity index is 526. The number of nitrogens with zero attached hydrogens (tertiary/aromatic N) is 3. The predicted molar refractivity (Wildman–Crippen MR) is 78.3 cm³/mol. The van der Waals surface area contributed by atoms with Crippen LogP contribution in [0.25, 0.3) is 10.9 Å². The Kier molecular flexibility index (Phi) is 3.90. The van der Waals surface area contributed by atoms with Gasteiger partial charge >= 0.3 is 0 Å². The molecule has 1 heterocycles. The van der Waals surface area contributed by atoms with Gasteiger partial charge in [0, 0.05) is 26.0 Å². The third-order valence-electron chi connectivity index (χ3n) is 3.35. The lowest BCUT2D eigenvalue weighted by atomic mass is 10.1. The molecule has 2 rings (SSSR count). The Morgan fingerprint density at radius 3 is 2.61 bits per heavy atom. The van der Waals surface area contributed by atoms with Crippen molar-refractivity contribution in [2.24, 2.45) is 0 Å². The Morgan fingerprint density at radius 1 is 1.22 bits per heavy atom. The van der Waals surface area contributed by atoms with E-state index in [2.05, 4.69) is 55.7 Å². The number of unbranched alkanes of at least 4 members (excludes halogenated alkanes) is 1. The molecule has 0 aliphatic heterocycles. The van der Waals surface area contributed by atoms with Crippen LogP contribution in [0.4, 0.5) is 5.82 Å². The Morgan fingerprint density at radius 2 is 2.00 bits per heavy atom. The van der Waals surface area contributed by atoms with Gasteiger partial charge in [0.2, 0.25) is 0 Å². The number of hydrogen-bond donors (Lipinski definition) is 0. The number of anilines is 1. The van der Waals surface area contributed by atoms with E-state index in [1.54, 1.807) is 0 Å². The minimum absolute atomic E-state index is 1.01. The third-order valence-corrected chi connectivity index (χ3v) is 3.35.